The highest BCUT2D eigenvalue weighted by Gasteiger charge is 2.23. The van der Waals surface area contributed by atoms with Crippen molar-refractivity contribution in [3.8, 4) is 0 Å². The molecule has 0 aromatic carbocycles. The molecule has 0 saturated heterocycles. The molecule has 0 rings (SSSR count). The van der Waals surface area contributed by atoms with Crippen LogP contribution < -0.4 is 21.7 Å². The van der Waals surface area contributed by atoms with Crippen molar-refractivity contribution >= 4 is 18.1 Å². The third kappa shape index (κ3) is 11.5. The Bertz CT molecular complexity index is 440. The van der Waals surface area contributed by atoms with E-state index in [-0.39, 0.29) is 19.6 Å². The van der Waals surface area contributed by atoms with Crippen molar-refractivity contribution < 1.29 is 23.9 Å². The summed E-state index contributed by atoms with van der Waals surface area (Å²) >= 11 is 0. The molecule has 0 aromatic rings. The zero-order valence-corrected chi connectivity index (χ0v) is 15.3. The van der Waals surface area contributed by atoms with Crippen LogP contribution in [0.15, 0.2) is 0 Å². The second kappa shape index (κ2) is 9.31. The highest BCUT2D eigenvalue weighted by atomic mass is 16.6. The third-order valence-corrected chi connectivity index (χ3v) is 2.34. The fourth-order valence-corrected chi connectivity index (χ4v) is 1.47. The lowest BCUT2D eigenvalue weighted by Crippen LogP contribution is -2.52. The Morgan fingerprint density at radius 1 is 0.875 bits per heavy atom. The quantitative estimate of drug-likeness (QED) is 0.517. The average molecular weight is 346 g/mol. The Morgan fingerprint density at radius 2 is 1.33 bits per heavy atom. The summed E-state index contributed by atoms with van der Waals surface area (Å²) in [5.41, 5.74) is 4.23. The first-order valence-electron chi connectivity index (χ1n) is 7.78. The SMILES string of the molecule is CC(C)(C)OC(=O)NCCNC(=O)[C@H](CN)NC(=O)OC(C)(C)C. The number of amides is 3. The van der Waals surface area contributed by atoms with E-state index in [9.17, 15) is 14.4 Å². The summed E-state index contributed by atoms with van der Waals surface area (Å²) in [5.74, 6) is -0.464. The van der Waals surface area contributed by atoms with Crippen LogP contribution in [-0.4, -0.2) is 55.0 Å². The van der Waals surface area contributed by atoms with Gasteiger partial charge >= 0.3 is 12.2 Å². The molecule has 140 valence electrons. The van der Waals surface area contributed by atoms with Crippen LogP contribution in [0.3, 0.4) is 0 Å². The molecular formula is C15H30N4O5. The van der Waals surface area contributed by atoms with E-state index in [1.54, 1.807) is 41.5 Å². The number of rotatable bonds is 6. The number of carbonyl (C=O) groups is 3. The minimum Gasteiger partial charge on any atom is -0.444 e. The van der Waals surface area contributed by atoms with Crippen LogP contribution in [0.2, 0.25) is 0 Å². The maximum atomic E-state index is 11.9. The van der Waals surface area contributed by atoms with Gasteiger partial charge in [-0.3, -0.25) is 4.79 Å². The zero-order valence-electron chi connectivity index (χ0n) is 15.3. The molecule has 0 radical (unpaired) electrons. The van der Waals surface area contributed by atoms with Crippen molar-refractivity contribution in [2.45, 2.75) is 58.8 Å². The second-order valence-electron chi connectivity index (χ2n) is 7.15. The van der Waals surface area contributed by atoms with Gasteiger partial charge in [0.15, 0.2) is 0 Å². The average Bonchev–Trinajstić information content (AvgIpc) is 2.36. The molecule has 0 aliphatic rings. The molecule has 1 atom stereocenters. The van der Waals surface area contributed by atoms with Gasteiger partial charge in [-0.2, -0.15) is 0 Å². The molecule has 3 amide bonds. The molecule has 9 nitrogen and oxygen atoms in total. The van der Waals surface area contributed by atoms with Gasteiger partial charge in [-0.25, -0.2) is 9.59 Å². The van der Waals surface area contributed by atoms with Crippen molar-refractivity contribution in [2.24, 2.45) is 5.73 Å². The second-order valence-corrected chi connectivity index (χ2v) is 7.15. The minimum absolute atomic E-state index is 0.0788. The first-order chi connectivity index (χ1) is 10.8. The van der Waals surface area contributed by atoms with Gasteiger partial charge in [0.25, 0.3) is 0 Å². The number of carbonyl (C=O) groups excluding carboxylic acids is 3. The van der Waals surface area contributed by atoms with Crippen LogP contribution in [-0.2, 0) is 14.3 Å². The van der Waals surface area contributed by atoms with Crippen LogP contribution in [0.4, 0.5) is 9.59 Å². The van der Waals surface area contributed by atoms with Gasteiger partial charge in [-0.05, 0) is 41.5 Å². The van der Waals surface area contributed by atoms with E-state index in [2.05, 4.69) is 16.0 Å². The molecule has 5 N–H and O–H groups in total. The summed E-state index contributed by atoms with van der Waals surface area (Å²) in [4.78, 5) is 35.0. The molecule has 0 heterocycles. The molecule has 0 fully saturated rings. The molecule has 0 aromatic heterocycles. The van der Waals surface area contributed by atoms with E-state index >= 15 is 0 Å². The number of hydrogen-bond acceptors (Lipinski definition) is 6. The number of nitrogens with one attached hydrogen (secondary N) is 3. The Hall–Kier alpha value is -2.03. The van der Waals surface area contributed by atoms with E-state index in [0.29, 0.717) is 0 Å². The highest BCUT2D eigenvalue weighted by molar-refractivity contribution is 5.85. The van der Waals surface area contributed by atoms with Crippen LogP contribution in [0.5, 0.6) is 0 Å². The van der Waals surface area contributed by atoms with Crippen LogP contribution in [0.1, 0.15) is 41.5 Å². The lowest BCUT2D eigenvalue weighted by molar-refractivity contribution is -0.122. The van der Waals surface area contributed by atoms with Gasteiger partial charge in [-0.1, -0.05) is 0 Å². The highest BCUT2D eigenvalue weighted by Crippen LogP contribution is 2.07. The molecular weight excluding hydrogens is 316 g/mol. The molecule has 0 aliphatic heterocycles. The van der Waals surface area contributed by atoms with Crippen LogP contribution >= 0.6 is 0 Å². The Balaban J connectivity index is 4.15. The molecule has 9 heteroatoms. The van der Waals surface area contributed by atoms with Crippen molar-refractivity contribution in [1.29, 1.82) is 0 Å². The maximum absolute atomic E-state index is 11.9. The fourth-order valence-electron chi connectivity index (χ4n) is 1.47. The summed E-state index contributed by atoms with van der Waals surface area (Å²) < 4.78 is 10.1. The standard InChI is InChI=1S/C15H30N4O5/c1-14(2,3)23-12(21)18-8-7-17-11(20)10(9-16)19-13(22)24-15(4,5)6/h10H,7-9,16H2,1-6H3,(H,17,20)(H,18,21)(H,19,22)/t10-/m0/s1. The van der Waals surface area contributed by atoms with Gasteiger partial charge in [0.2, 0.25) is 5.91 Å². The van der Waals surface area contributed by atoms with Crippen LogP contribution in [0.25, 0.3) is 0 Å². The Labute approximate surface area is 143 Å². The molecule has 0 bridgehead atoms. The van der Waals surface area contributed by atoms with Crippen molar-refractivity contribution in [3.05, 3.63) is 0 Å². The smallest absolute Gasteiger partial charge is 0.408 e. The van der Waals surface area contributed by atoms with E-state index in [4.69, 9.17) is 15.2 Å². The summed E-state index contributed by atoms with van der Waals surface area (Å²) in [6, 6.07) is -0.915. The summed E-state index contributed by atoms with van der Waals surface area (Å²) in [7, 11) is 0. The first kappa shape index (κ1) is 22.0. The normalized spacial score (nSPS) is 12.8. The van der Waals surface area contributed by atoms with Gasteiger partial charge < -0.3 is 31.2 Å². The molecule has 0 unspecified atom stereocenters. The van der Waals surface area contributed by atoms with Gasteiger partial charge in [0.05, 0.1) is 0 Å². The van der Waals surface area contributed by atoms with Gasteiger partial charge in [-0.15, -0.1) is 0 Å². The predicted molar refractivity (Wildman–Crippen MR) is 89.5 cm³/mol. The Kier molecular flexibility index (Phi) is 8.52. The number of ether oxygens (including phenoxy) is 2. The van der Waals surface area contributed by atoms with Crippen molar-refractivity contribution in [2.75, 3.05) is 19.6 Å². The summed E-state index contributed by atoms with van der Waals surface area (Å²) in [5, 5.41) is 7.46. The van der Waals surface area contributed by atoms with Gasteiger partial charge in [0.1, 0.15) is 17.2 Å². The summed E-state index contributed by atoms with van der Waals surface area (Å²) in [6.45, 7) is 10.7. The largest absolute Gasteiger partial charge is 0.444 e. The lowest BCUT2D eigenvalue weighted by Gasteiger charge is -2.22. The maximum Gasteiger partial charge on any atom is 0.408 e. The van der Waals surface area contributed by atoms with E-state index in [1.165, 1.54) is 0 Å². The number of alkyl carbamates (subject to hydrolysis) is 2. The molecule has 0 aliphatic carbocycles. The number of nitrogens with two attached hydrogens (primary N) is 1. The predicted octanol–water partition coefficient (Wildman–Crippen LogP) is 0.479. The topological polar surface area (TPSA) is 132 Å². The summed E-state index contributed by atoms with van der Waals surface area (Å²) in [6.07, 6.45) is -1.29. The molecule has 24 heavy (non-hydrogen) atoms. The first-order valence-corrected chi connectivity index (χ1v) is 7.78. The van der Waals surface area contributed by atoms with Crippen molar-refractivity contribution in [1.82, 2.24) is 16.0 Å². The minimum atomic E-state index is -0.915. The van der Waals surface area contributed by atoms with E-state index in [1.807, 2.05) is 0 Å². The molecule has 0 spiro atoms. The Morgan fingerprint density at radius 3 is 1.79 bits per heavy atom. The lowest BCUT2D eigenvalue weighted by atomic mass is 10.2. The van der Waals surface area contributed by atoms with Gasteiger partial charge in [0, 0.05) is 19.6 Å². The van der Waals surface area contributed by atoms with E-state index in [0.717, 1.165) is 0 Å². The monoisotopic (exact) mass is 346 g/mol. The third-order valence-electron chi connectivity index (χ3n) is 2.34. The van der Waals surface area contributed by atoms with Crippen molar-refractivity contribution in [3.63, 3.8) is 0 Å². The fraction of sp³-hybridized carbons (Fsp3) is 0.800. The molecule has 0 saturated carbocycles. The van der Waals surface area contributed by atoms with E-state index < -0.39 is 35.3 Å². The number of hydrogen-bond donors (Lipinski definition) is 4. The van der Waals surface area contributed by atoms with Crippen LogP contribution in [0, 0.1) is 0 Å². The zero-order chi connectivity index (χ0) is 19.0.